The number of fused-ring (bicyclic) bond motifs is 2. The van der Waals surface area contributed by atoms with Crippen LogP contribution >= 0.6 is 0 Å². The summed E-state index contributed by atoms with van der Waals surface area (Å²) >= 11 is 0. The molecule has 2 nitrogen and oxygen atoms in total. The van der Waals surface area contributed by atoms with Gasteiger partial charge in [0.25, 0.3) is 0 Å². The summed E-state index contributed by atoms with van der Waals surface area (Å²) in [5.74, 6) is 0. The average molecular weight is 931 g/mol. The van der Waals surface area contributed by atoms with Gasteiger partial charge in [0, 0.05) is 44.3 Å². The Morgan fingerprint density at radius 1 is 0.296 bits per heavy atom. The molecule has 0 N–H and O–H groups in total. The summed E-state index contributed by atoms with van der Waals surface area (Å²) in [6.45, 7) is 18.6. The third-order valence-corrected chi connectivity index (χ3v) is 16.8. The van der Waals surface area contributed by atoms with Crippen LogP contribution in [0.25, 0.3) is 76.1 Å². The summed E-state index contributed by atoms with van der Waals surface area (Å²) in [6, 6.07) is 78.2. The molecule has 0 heterocycles. The Morgan fingerprint density at radius 3 is 1.17 bits per heavy atom. The van der Waals surface area contributed by atoms with Crippen LogP contribution in [0.15, 0.2) is 206 Å². The van der Waals surface area contributed by atoms with Crippen molar-refractivity contribution in [2.24, 2.45) is 0 Å². The zero-order valence-corrected chi connectivity index (χ0v) is 43.0. The van der Waals surface area contributed by atoms with Crippen LogP contribution in [-0.2, 0) is 0 Å². The molecule has 0 unspecified atom stereocenters. The number of benzene rings is 12. The highest BCUT2D eigenvalue weighted by atomic mass is 28.3. The molecule has 0 saturated heterocycles. The quantitative estimate of drug-likeness (QED) is 0.105. The lowest BCUT2D eigenvalue weighted by Gasteiger charge is -2.34. The largest absolute Gasteiger partial charge is 0.310 e. The summed E-state index contributed by atoms with van der Waals surface area (Å²) in [4.78, 5) is 5.14. The van der Waals surface area contributed by atoms with E-state index in [9.17, 15) is 0 Å². The predicted molar refractivity (Wildman–Crippen MR) is 312 cm³/mol. The minimum absolute atomic E-state index is 1.15. The highest BCUT2D eigenvalue weighted by Gasteiger charge is 2.30. The van der Waals surface area contributed by atoms with Crippen LogP contribution in [0.3, 0.4) is 0 Å². The number of nitrogens with zero attached hydrogens (tertiary/aromatic N) is 2. The van der Waals surface area contributed by atoms with Crippen LogP contribution in [0.4, 0.5) is 34.1 Å². The Morgan fingerprint density at radius 2 is 0.690 bits per heavy atom. The maximum atomic E-state index is 2.61. The molecule has 12 rings (SSSR count). The minimum Gasteiger partial charge on any atom is -0.310 e. The topological polar surface area (TPSA) is 6.48 Å². The van der Waals surface area contributed by atoms with Crippen molar-refractivity contribution >= 4 is 101 Å². The van der Waals surface area contributed by atoms with E-state index in [0.29, 0.717) is 0 Å². The zero-order chi connectivity index (χ0) is 48.7. The van der Waals surface area contributed by atoms with Crippen LogP contribution < -0.4 is 15.0 Å². The van der Waals surface area contributed by atoms with E-state index in [1.54, 1.807) is 0 Å². The van der Waals surface area contributed by atoms with E-state index in [0.717, 1.165) is 17.1 Å². The van der Waals surface area contributed by atoms with E-state index in [1.807, 2.05) is 0 Å². The first-order chi connectivity index (χ1) is 34.4. The molecule has 3 heteroatoms. The molecule has 12 aromatic rings. The van der Waals surface area contributed by atoms with Gasteiger partial charge in [-0.2, -0.15) is 0 Å². The van der Waals surface area contributed by atoms with Gasteiger partial charge in [-0.1, -0.05) is 177 Å². The summed E-state index contributed by atoms with van der Waals surface area (Å²) < 4.78 is 0. The van der Waals surface area contributed by atoms with Gasteiger partial charge in [0.2, 0.25) is 0 Å². The van der Waals surface area contributed by atoms with Crippen molar-refractivity contribution in [1.82, 2.24) is 0 Å². The molecule has 0 amide bonds. The van der Waals surface area contributed by atoms with Crippen molar-refractivity contribution in [3.63, 3.8) is 0 Å². The van der Waals surface area contributed by atoms with Crippen molar-refractivity contribution in [2.75, 3.05) is 9.80 Å². The van der Waals surface area contributed by atoms with Crippen molar-refractivity contribution in [2.45, 2.75) is 54.3 Å². The summed E-state index contributed by atoms with van der Waals surface area (Å²) in [5, 5.41) is 13.8. The normalized spacial score (nSPS) is 11.9. The molecule has 344 valence electrons. The lowest BCUT2D eigenvalue weighted by molar-refractivity contribution is 1.24. The number of rotatable bonds is 9. The Hall–Kier alpha value is -7.98. The van der Waals surface area contributed by atoms with E-state index < -0.39 is 8.07 Å². The van der Waals surface area contributed by atoms with Crippen molar-refractivity contribution in [3.8, 4) is 22.3 Å². The van der Waals surface area contributed by atoms with E-state index in [2.05, 4.69) is 270 Å². The van der Waals surface area contributed by atoms with Gasteiger partial charge in [-0.05, 0) is 171 Å². The lowest BCUT2D eigenvalue weighted by Crippen LogP contribution is -2.40. The van der Waals surface area contributed by atoms with Crippen molar-refractivity contribution < 1.29 is 0 Å². The van der Waals surface area contributed by atoms with Crippen LogP contribution in [0.5, 0.6) is 0 Å². The van der Waals surface area contributed by atoms with E-state index >= 15 is 0 Å². The molecule has 0 atom stereocenters. The predicted octanol–water partition coefficient (Wildman–Crippen LogP) is 19.3. The summed E-state index contributed by atoms with van der Waals surface area (Å²) in [6.07, 6.45) is 0. The molecule has 12 aromatic carbocycles. The first kappa shape index (κ1) is 44.2. The second kappa shape index (κ2) is 17.2. The number of aryl methyl sites for hydroxylation is 5. The smallest absolute Gasteiger partial charge is 0.0803 e. The molecule has 0 saturated carbocycles. The first-order valence-corrected chi connectivity index (χ1v) is 28.6. The van der Waals surface area contributed by atoms with Crippen LogP contribution in [0, 0.1) is 34.6 Å². The highest BCUT2D eigenvalue weighted by molar-refractivity contribution is 6.89. The van der Waals surface area contributed by atoms with Gasteiger partial charge >= 0.3 is 0 Å². The lowest BCUT2D eigenvalue weighted by atomic mass is 9.84. The van der Waals surface area contributed by atoms with E-state index in [-0.39, 0.29) is 0 Å². The number of para-hydroxylation sites is 2. The molecule has 0 aliphatic carbocycles. The number of hydrogen-bond donors (Lipinski definition) is 0. The third-order valence-electron chi connectivity index (χ3n) is 14.7. The maximum absolute atomic E-state index is 2.61. The van der Waals surface area contributed by atoms with Gasteiger partial charge in [0.05, 0.1) is 19.4 Å². The maximum Gasteiger partial charge on any atom is 0.0803 e. The molecule has 0 aromatic heterocycles. The van der Waals surface area contributed by atoms with Gasteiger partial charge < -0.3 is 9.80 Å². The fourth-order valence-electron chi connectivity index (χ4n) is 11.8. The Kier molecular flexibility index (Phi) is 10.7. The molecule has 0 aliphatic rings. The molecular formula is C68H58N2Si. The SMILES string of the molecule is Cc1cc(C)cc(N(c2ccccc2C)c2cc(-c3cccc4ccccc34)c3ccc4c(N(c5cc(C)cc(C)c5)c5ccccc5[Si](C)(C)C)cc(-c5cccc6ccccc56)c5ccc2c3c54)c1. The standard InChI is InChI=1S/C68H58N2Si/c1-43-35-44(2)38-50(37-43)69(62-28-14-9-19-47(62)5)64-41-60(54-26-17-22-48-20-10-12-24-52(48)54)56-32-34-59-65(70(51-39-45(3)36-46(4)40-51)63-29-15-16-30-66(63)71(6,7)8)42-61(57-31-33-58(64)67(56)68(57)59)55-27-18-23-49-21-11-13-25-53(49)55/h9-42H,1-8H3. The molecule has 0 spiro atoms. The molecule has 0 radical (unpaired) electrons. The van der Waals surface area contributed by atoms with Gasteiger partial charge in [-0.3, -0.25) is 0 Å². The van der Waals surface area contributed by atoms with Crippen LogP contribution in [0.2, 0.25) is 19.6 Å². The number of anilines is 6. The molecule has 0 aliphatic heterocycles. The van der Waals surface area contributed by atoms with Crippen LogP contribution in [0.1, 0.15) is 27.8 Å². The highest BCUT2D eigenvalue weighted by Crippen LogP contribution is 2.53. The monoisotopic (exact) mass is 930 g/mol. The van der Waals surface area contributed by atoms with Crippen molar-refractivity contribution in [3.05, 3.63) is 234 Å². The van der Waals surface area contributed by atoms with E-state index in [1.165, 1.54) is 126 Å². The average Bonchev–Trinajstić information content (AvgIpc) is 3.36. The second-order valence-electron chi connectivity index (χ2n) is 20.9. The molecule has 0 bridgehead atoms. The van der Waals surface area contributed by atoms with E-state index in [4.69, 9.17) is 0 Å². The fourth-order valence-corrected chi connectivity index (χ4v) is 13.3. The molecular weight excluding hydrogens is 873 g/mol. The zero-order valence-electron chi connectivity index (χ0n) is 42.0. The van der Waals surface area contributed by atoms with Crippen LogP contribution in [-0.4, -0.2) is 8.07 Å². The summed E-state index contributed by atoms with van der Waals surface area (Å²) in [7, 11) is -1.89. The summed E-state index contributed by atoms with van der Waals surface area (Å²) in [5.41, 5.74) is 18.1. The van der Waals surface area contributed by atoms with Crippen molar-refractivity contribution in [1.29, 1.82) is 0 Å². The first-order valence-electron chi connectivity index (χ1n) is 25.1. The Bertz CT molecular complexity index is 4010. The molecule has 71 heavy (non-hydrogen) atoms. The second-order valence-corrected chi connectivity index (χ2v) is 26.0. The van der Waals surface area contributed by atoms with Gasteiger partial charge in [-0.25, -0.2) is 0 Å². The Balaban J connectivity index is 1.31. The Labute approximate surface area is 419 Å². The fraction of sp³-hybridized carbons (Fsp3) is 0.118. The third kappa shape index (κ3) is 7.55. The molecule has 0 fully saturated rings. The van der Waals surface area contributed by atoms with Gasteiger partial charge in [0.1, 0.15) is 0 Å². The number of hydrogen-bond acceptors (Lipinski definition) is 2. The minimum atomic E-state index is -1.89. The van der Waals surface area contributed by atoms with Gasteiger partial charge in [0.15, 0.2) is 0 Å². The van der Waals surface area contributed by atoms with Gasteiger partial charge in [-0.15, -0.1) is 0 Å².